The van der Waals surface area contributed by atoms with Gasteiger partial charge in [-0.3, -0.25) is 4.79 Å². The van der Waals surface area contributed by atoms with Crippen molar-refractivity contribution >= 4 is 5.91 Å². The van der Waals surface area contributed by atoms with Crippen molar-refractivity contribution in [3.05, 3.63) is 65.7 Å². The second-order valence-corrected chi connectivity index (χ2v) is 6.10. The molecule has 0 heterocycles. The van der Waals surface area contributed by atoms with Crippen LogP contribution in [0.2, 0.25) is 0 Å². The molecule has 0 aliphatic heterocycles. The number of rotatable bonds is 11. The lowest BCUT2D eigenvalue weighted by Crippen LogP contribution is -2.29. The number of benzene rings is 2. The number of amides is 1. The van der Waals surface area contributed by atoms with Crippen LogP contribution in [-0.4, -0.2) is 25.6 Å². The molecule has 2 aromatic carbocycles. The molecule has 0 bridgehead atoms. The zero-order valence-electron chi connectivity index (χ0n) is 15.0. The lowest BCUT2D eigenvalue weighted by Gasteiger charge is -2.09. The summed E-state index contributed by atoms with van der Waals surface area (Å²) in [6, 6.07) is 18.7. The van der Waals surface area contributed by atoms with Crippen molar-refractivity contribution in [2.24, 2.45) is 0 Å². The highest BCUT2D eigenvalue weighted by Crippen LogP contribution is 2.14. The first-order valence-corrected chi connectivity index (χ1v) is 8.95. The Bertz CT molecular complexity index is 629. The van der Waals surface area contributed by atoms with E-state index >= 15 is 0 Å². The van der Waals surface area contributed by atoms with Crippen molar-refractivity contribution in [3.63, 3.8) is 0 Å². The third kappa shape index (κ3) is 8.36. The van der Waals surface area contributed by atoms with E-state index < -0.39 is 0 Å². The van der Waals surface area contributed by atoms with Crippen LogP contribution >= 0.6 is 0 Å². The molecule has 0 saturated carbocycles. The molecule has 4 heteroatoms. The average molecular weight is 340 g/mol. The van der Waals surface area contributed by atoms with Crippen molar-refractivity contribution in [2.75, 3.05) is 19.7 Å². The number of unbranched alkanes of at least 4 members (excludes halogenated alkanes) is 1. The van der Waals surface area contributed by atoms with Crippen molar-refractivity contribution in [2.45, 2.75) is 32.7 Å². The van der Waals surface area contributed by atoms with Gasteiger partial charge in [0.1, 0.15) is 5.75 Å². The number of nitrogens with one attached hydrogen (secondary N) is 2. The summed E-state index contributed by atoms with van der Waals surface area (Å²) in [7, 11) is 0. The minimum absolute atomic E-state index is 0.00413. The Kier molecular flexibility index (Phi) is 8.56. The molecule has 0 spiro atoms. The van der Waals surface area contributed by atoms with Crippen LogP contribution in [-0.2, 0) is 17.8 Å². The molecule has 2 rings (SSSR count). The summed E-state index contributed by atoms with van der Waals surface area (Å²) in [4.78, 5) is 10.8. The van der Waals surface area contributed by atoms with E-state index in [1.165, 1.54) is 18.1 Å². The Morgan fingerprint density at radius 2 is 1.76 bits per heavy atom. The maximum absolute atomic E-state index is 10.8. The monoisotopic (exact) mass is 340 g/mol. The first-order chi connectivity index (χ1) is 12.2. The lowest BCUT2D eigenvalue weighted by atomic mass is 10.1. The molecule has 25 heavy (non-hydrogen) atoms. The average Bonchev–Trinajstić information content (AvgIpc) is 2.62. The van der Waals surface area contributed by atoms with Gasteiger partial charge in [0.2, 0.25) is 5.91 Å². The molecule has 0 atom stereocenters. The van der Waals surface area contributed by atoms with Crippen LogP contribution in [0.25, 0.3) is 0 Å². The molecule has 2 N–H and O–H groups in total. The van der Waals surface area contributed by atoms with Gasteiger partial charge in [-0.05, 0) is 42.5 Å². The Balaban J connectivity index is 1.61. The van der Waals surface area contributed by atoms with Gasteiger partial charge in [0.25, 0.3) is 0 Å². The predicted molar refractivity (Wildman–Crippen MR) is 102 cm³/mol. The van der Waals surface area contributed by atoms with Crippen molar-refractivity contribution in [1.29, 1.82) is 0 Å². The topological polar surface area (TPSA) is 50.4 Å². The molecular weight excluding hydrogens is 312 g/mol. The van der Waals surface area contributed by atoms with Gasteiger partial charge in [0, 0.05) is 26.6 Å². The van der Waals surface area contributed by atoms with E-state index in [-0.39, 0.29) is 5.91 Å². The number of carbonyl (C=O) groups excluding carboxylic acids is 1. The first kappa shape index (κ1) is 19.0. The summed E-state index contributed by atoms with van der Waals surface area (Å²) in [5, 5.41) is 6.08. The van der Waals surface area contributed by atoms with Crippen LogP contribution < -0.4 is 15.4 Å². The Morgan fingerprint density at radius 1 is 0.960 bits per heavy atom. The van der Waals surface area contributed by atoms with Crippen molar-refractivity contribution in [1.82, 2.24) is 10.6 Å². The maximum atomic E-state index is 10.8. The fourth-order valence-corrected chi connectivity index (χ4v) is 2.57. The number of ether oxygens (including phenoxy) is 1. The van der Waals surface area contributed by atoms with Gasteiger partial charge in [-0.1, -0.05) is 42.5 Å². The summed E-state index contributed by atoms with van der Waals surface area (Å²) in [6.45, 7) is 4.44. The van der Waals surface area contributed by atoms with Crippen LogP contribution in [0.1, 0.15) is 30.9 Å². The molecule has 134 valence electrons. The Hall–Kier alpha value is -2.33. The summed E-state index contributed by atoms with van der Waals surface area (Å²) in [6.07, 6.45) is 3.28. The van der Waals surface area contributed by atoms with Crippen molar-refractivity contribution in [3.8, 4) is 5.75 Å². The molecule has 1 amide bonds. The highest BCUT2D eigenvalue weighted by atomic mass is 16.5. The molecule has 0 radical (unpaired) electrons. The van der Waals surface area contributed by atoms with E-state index in [0.29, 0.717) is 6.54 Å². The van der Waals surface area contributed by atoms with Crippen molar-refractivity contribution < 1.29 is 9.53 Å². The summed E-state index contributed by atoms with van der Waals surface area (Å²) >= 11 is 0. The van der Waals surface area contributed by atoms with Gasteiger partial charge in [0.05, 0.1) is 6.61 Å². The third-order valence-corrected chi connectivity index (χ3v) is 3.87. The minimum Gasteiger partial charge on any atom is -0.494 e. The fraction of sp³-hybridized carbons (Fsp3) is 0.381. The molecule has 0 saturated heterocycles. The Morgan fingerprint density at radius 3 is 2.56 bits per heavy atom. The molecular formula is C21H28N2O2. The fourth-order valence-electron chi connectivity index (χ4n) is 2.57. The first-order valence-electron chi connectivity index (χ1n) is 8.95. The second-order valence-electron chi connectivity index (χ2n) is 6.10. The van der Waals surface area contributed by atoms with Crippen LogP contribution in [0.3, 0.4) is 0 Å². The summed E-state index contributed by atoms with van der Waals surface area (Å²) in [5.74, 6) is 0.922. The van der Waals surface area contributed by atoms with Gasteiger partial charge in [-0.25, -0.2) is 0 Å². The zero-order chi connectivity index (χ0) is 17.7. The normalized spacial score (nSPS) is 10.4. The number of hydrogen-bond acceptors (Lipinski definition) is 3. The van der Waals surface area contributed by atoms with Crippen LogP contribution in [0.5, 0.6) is 5.75 Å². The van der Waals surface area contributed by atoms with E-state index in [9.17, 15) is 4.79 Å². The molecule has 0 fully saturated rings. The third-order valence-electron chi connectivity index (χ3n) is 3.87. The number of carbonyl (C=O) groups is 1. The Labute approximate surface area is 150 Å². The standard InChI is InChI=1S/C21H28N2O2/c1-18(24)23-14-13-22-17-20-11-7-12-21(16-20)25-15-6-5-10-19-8-3-2-4-9-19/h2-4,7-9,11-12,16,22H,5-6,10,13-15,17H2,1H3,(H,23,24). The smallest absolute Gasteiger partial charge is 0.216 e. The summed E-state index contributed by atoms with van der Waals surface area (Å²) < 4.78 is 5.86. The minimum atomic E-state index is 0.00413. The molecule has 2 aromatic rings. The van der Waals surface area contributed by atoms with E-state index in [4.69, 9.17) is 4.74 Å². The number of aryl methyl sites for hydroxylation is 1. The van der Waals surface area contributed by atoms with Crippen LogP contribution in [0, 0.1) is 0 Å². The molecule has 0 unspecified atom stereocenters. The maximum Gasteiger partial charge on any atom is 0.216 e. The van der Waals surface area contributed by atoms with E-state index in [1.807, 2.05) is 18.2 Å². The molecule has 0 aromatic heterocycles. The van der Waals surface area contributed by atoms with Gasteiger partial charge in [0.15, 0.2) is 0 Å². The lowest BCUT2D eigenvalue weighted by molar-refractivity contribution is -0.118. The highest BCUT2D eigenvalue weighted by molar-refractivity contribution is 5.72. The largest absolute Gasteiger partial charge is 0.494 e. The highest BCUT2D eigenvalue weighted by Gasteiger charge is 1.99. The summed E-state index contributed by atoms with van der Waals surface area (Å²) in [5.41, 5.74) is 2.57. The van der Waals surface area contributed by atoms with Crippen LogP contribution in [0.4, 0.5) is 0 Å². The van der Waals surface area contributed by atoms with Gasteiger partial charge < -0.3 is 15.4 Å². The number of hydrogen-bond donors (Lipinski definition) is 2. The SMILES string of the molecule is CC(=O)NCCNCc1cccc(OCCCCc2ccccc2)c1. The molecule has 4 nitrogen and oxygen atoms in total. The zero-order valence-corrected chi connectivity index (χ0v) is 15.0. The van der Waals surface area contributed by atoms with E-state index in [2.05, 4.69) is 47.0 Å². The molecule has 0 aliphatic rings. The second kappa shape index (κ2) is 11.3. The van der Waals surface area contributed by atoms with Gasteiger partial charge in [-0.15, -0.1) is 0 Å². The van der Waals surface area contributed by atoms with E-state index in [0.717, 1.165) is 44.7 Å². The van der Waals surface area contributed by atoms with Gasteiger partial charge in [-0.2, -0.15) is 0 Å². The van der Waals surface area contributed by atoms with Crippen LogP contribution in [0.15, 0.2) is 54.6 Å². The van der Waals surface area contributed by atoms with Gasteiger partial charge >= 0.3 is 0 Å². The quantitative estimate of drug-likeness (QED) is 0.617. The van der Waals surface area contributed by atoms with E-state index in [1.54, 1.807) is 0 Å². The predicted octanol–water partition coefficient (Wildman–Crippen LogP) is 3.31. The molecule has 0 aliphatic carbocycles.